The number of nitrogens with one attached hydrogen (secondary N) is 2. The average molecular weight is 314 g/mol. The van der Waals surface area contributed by atoms with Crippen LogP contribution in [0.25, 0.3) is 0 Å². The van der Waals surface area contributed by atoms with E-state index in [4.69, 9.17) is 11.7 Å². The summed E-state index contributed by atoms with van der Waals surface area (Å²) >= 11 is 0. The molecule has 0 fully saturated rings. The molecule has 6 heteroatoms. The van der Waals surface area contributed by atoms with Crippen LogP contribution in [0.3, 0.4) is 0 Å². The van der Waals surface area contributed by atoms with Crippen molar-refractivity contribution in [2.45, 2.75) is 89.9 Å². The van der Waals surface area contributed by atoms with Crippen molar-refractivity contribution in [2.75, 3.05) is 0 Å². The first-order chi connectivity index (χ1) is 10.7. The van der Waals surface area contributed by atoms with Crippen LogP contribution >= 0.6 is 0 Å². The van der Waals surface area contributed by atoms with Gasteiger partial charge in [-0.2, -0.15) is 0 Å². The number of carbonyl (C=O) groups excluding carboxylic acids is 2. The number of rotatable bonds is 15. The number of hydrogen-bond donors (Lipinski definition) is 4. The van der Waals surface area contributed by atoms with E-state index in [1.54, 1.807) is 0 Å². The molecule has 0 saturated carbocycles. The Kier molecular flexibility index (Phi) is 15.4. The van der Waals surface area contributed by atoms with Crippen LogP contribution in [0, 0.1) is 0 Å². The number of amides is 2. The molecule has 6 nitrogen and oxygen atoms in total. The molecule has 0 unspecified atom stereocenters. The van der Waals surface area contributed by atoms with Gasteiger partial charge in [0.1, 0.15) is 0 Å². The monoisotopic (exact) mass is 314 g/mol. The highest BCUT2D eigenvalue weighted by atomic mass is 16.2. The van der Waals surface area contributed by atoms with E-state index in [2.05, 4.69) is 10.9 Å². The van der Waals surface area contributed by atoms with Crippen molar-refractivity contribution < 1.29 is 9.59 Å². The Morgan fingerprint density at radius 2 is 0.727 bits per heavy atom. The summed E-state index contributed by atoms with van der Waals surface area (Å²) < 4.78 is 0. The smallest absolute Gasteiger partial charge is 0.233 e. The van der Waals surface area contributed by atoms with Crippen molar-refractivity contribution in [3.63, 3.8) is 0 Å². The first-order valence-electron chi connectivity index (χ1n) is 8.69. The minimum absolute atomic E-state index is 0.0661. The third kappa shape index (κ3) is 15.3. The Balaban J connectivity index is 3.05. The van der Waals surface area contributed by atoms with Crippen molar-refractivity contribution in [1.82, 2.24) is 10.9 Å². The van der Waals surface area contributed by atoms with Crippen LogP contribution in [0.15, 0.2) is 0 Å². The second kappa shape index (κ2) is 16.2. The predicted molar refractivity (Wildman–Crippen MR) is 89.3 cm³/mol. The number of hydrazine groups is 2. The van der Waals surface area contributed by atoms with E-state index in [0.29, 0.717) is 12.8 Å². The molecule has 22 heavy (non-hydrogen) atoms. The van der Waals surface area contributed by atoms with Gasteiger partial charge in [0.25, 0.3) is 0 Å². The van der Waals surface area contributed by atoms with Crippen molar-refractivity contribution in [2.24, 2.45) is 11.7 Å². The van der Waals surface area contributed by atoms with E-state index in [0.717, 1.165) is 25.7 Å². The topological polar surface area (TPSA) is 110 Å². The molecule has 0 spiro atoms. The first-order valence-corrected chi connectivity index (χ1v) is 8.69. The lowest BCUT2D eigenvalue weighted by molar-refractivity contribution is -0.122. The fraction of sp³-hybridized carbons (Fsp3) is 0.875. The van der Waals surface area contributed by atoms with Crippen LogP contribution < -0.4 is 22.5 Å². The van der Waals surface area contributed by atoms with Crippen LogP contribution in [0.2, 0.25) is 0 Å². The highest BCUT2D eigenvalue weighted by Crippen LogP contribution is 2.12. The Morgan fingerprint density at radius 3 is 0.955 bits per heavy atom. The van der Waals surface area contributed by atoms with Gasteiger partial charge in [0.05, 0.1) is 0 Å². The first kappa shape index (κ1) is 20.9. The van der Waals surface area contributed by atoms with Crippen molar-refractivity contribution in [3.8, 4) is 0 Å². The van der Waals surface area contributed by atoms with Crippen molar-refractivity contribution >= 4 is 11.8 Å². The lowest BCUT2D eigenvalue weighted by Gasteiger charge is -2.03. The van der Waals surface area contributed by atoms with Gasteiger partial charge >= 0.3 is 0 Å². The molecule has 0 radical (unpaired) electrons. The molecule has 130 valence electrons. The fourth-order valence-electron chi connectivity index (χ4n) is 2.48. The number of nitrogens with two attached hydrogens (primary N) is 2. The normalized spacial score (nSPS) is 10.5. The van der Waals surface area contributed by atoms with Crippen LogP contribution in [0.4, 0.5) is 0 Å². The highest BCUT2D eigenvalue weighted by molar-refractivity contribution is 5.75. The van der Waals surface area contributed by atoms with Gasteiger partial charge < -0.3 is 0 Å². The molecule has 0 atom stereocenters. The molecule has 0 saturated heterocycles. The van der Waals surface area contributed by atoms with E-state index >= 15 is 0 Å². The molecule has 0 aromatic heterocycles. The largest absolute Gasteiger partial charge is 0.294 e. The predicted octanol–water partition coefficient (Wildman–Crippen LogP) is 2.43. The second-order valence-electron chi connectivity index (χ2n) is 5.88. The molecule has 6 N–H and O–H groups in total. The molecule has 0 rings (SSSR count). The van der Waals surface area contributed by atoms with Crippen molar-refractivity contribution in [3.05, 3.63) is 0 Å². The summed E-state index contributed by atoms with van der Waals surface area (Å²) in [6.07, 6.45) is 15.3. The highest BCUT2D eigenvalue weighted by Gasteiger charge is 1.99. The quantitative estimate of drug-likeness (QED) is 0.161. The standard InChI is InChI=1S/C16H34N4O2/c17-19-15(21)13-11-9-7-5-3-1-2-4-6-8-10-12-14-16(22)20-18/h1-14,17-18H2,(H,19,21)(H,20,22). The van der Waals surface area contributed by atoms with E-state index in [-0.39, 0.29) is 11.8 Å². The zero-order chi connectivity index (χ0) is 16.5. The average Bonchev–Trinajstić information content (AvgIpc) is 2.54. The van der Waals surface area contributed by atoms with E-state index in [9.17, 15) is 9.59 Å². The summed E-state index contributed by atoms with van der Waals surface area (Å²) in [6, 6.07) is 0. The van der Waals surface area contributed by atoms with E-state index in [1.165, 1.54) is 51.4 Å². The van der Waals surface area contributed by atoms with Gasteiger partial charge in [-0.1, -0.05) is 64.2 Å². The molecule has 2 amide bonds. The molecule has 0 aliphatic carbocycles. The maximum absolute atomic E-state index is 10.9. The Morgan fingerprint density at radius 1 is 0.500 bits per heavy atom. The van der Waals surface area contributed by atoms with Crippen LogP contribution in [-0.4, -0.2) is 11.8 Å². The van der Waals surface area contributed by atoms with E-state index in [1.807, 2.05) is 0 Å². The molecule has 0 aromatic carbocycles. The van der Waals surface area contributed by atoms with Crippen LogP contribution in [-0.2, 0) is 9.59 Å². The minimum Gasteiger partial charge on any atom is -0.294 e. The van der Waals surface area contributed by atoms with Gasteiger partial charge in [0.15, 0.2) is 0 Å². The third-order valence-corrected chi connectivity index (χ3v) is 3.88. The lowest BCUT2D eigenvalue weighted by Crippen LogP contribution is -2.29. The van der Waals surface area contributed by atoms with E-state index < -0.39 is 0 Å². The molecular weight excluding hydrogens is 280 g/mol. The Labute approximate surface area is 134 Å². The van der Waals surface area contributed by atoms with Crippen LogP contribution in [0.1, 0.15) is 89.9 Å². The Hall–Kier alpha value is -1.14. The maximum Gasteiger partial charge on any atom is 0.233 e. The fourth-order valence-corrected chi connectivity index (χ4v) is 2.48. The number of hydrogen-bond acceptors (Lipinski definition) is 4. The third-order valence-electron chi connectivity index (χ3n) is 3.88. The summed E-state index contributed by atoms with van der Waals surface area (Å²) in [4.78, 5) is 21.8. The van der Waals surface area contributed by atoms with Crippen molar-refractivity contribution in [1.29, 1.82) is 0 Å². The zero-order valence-electron chi connectivity index (χ0n) is 13.9. The zero-order valence-corrected chi connectivity index (χ0v) is 13.9. The molecular formula is C16H34N4O2. The van der Waals surface area contributed by atoms with Gasteiger partial charge in [-0.15, -0.1) is 0 Å². The molecule has 0 aliphatic heterocycles. The number of unbranched alkanes of at least 4 members (excludes halogenated alkanes) is 11. The van der Waals surface area contributed by atoms with Gasteiger partial charge in [-0.05, 0) is 12.8 Å². The van der Waals surface area contributed by atoms with Crippen LogP contribution in [0.5, 0.6) is 0 Å². The summed E-state index contributed by atoms with van der Waals surface area (Å²) in [5, 5.41) is 0. The maximum atomic E-state index is 10.9. The summed E-state index contributed by atoms with van der Waals surface area (Å²) in [5.74, 6) is 9.90. The molecule has 0 heterocycles. The summed E-state index contributed by atoms with van der Waals surface area (Å²) in [7, 11) is 0. The second-order valence-corrected chi connectivity index (χ2v) is 5.88. The van der Waals surface area contributed by atoms with Gasteiger partial charge in [0, 0.05) is 12.8 Å². The Bertz CT molecular complexity index is 257. The lowest BCUT2D eigenvalue weighted by atomic mass is 10.0. The van der Waals surface area contributed by atoms with Gasteiger partial charge in [-0.25, -0.2) is 11.7 Å². The summed E-state index contributed by atoms with van der Waals surface area (Å²) in [5.41, 5.74) is 4.31. The van der Waals surface area contributed by atoms with Gasteiger partial charge in [-0.3, -0.25) is 20.4 Å². The molecule has 0 aromatic rings. The number of carbonyl (C=O) groups is 2. The molecule has 0 aliphatic rings. The SMILES string of the molecule is NNC(=O)CCCCCCCCCCCCCCC(=O)NN. The molecule has 0 bridgehead atoms. The summed E-state index contributed by atoms with van der Waals surface area (Å²) in [6.45, 7) is 0. The minimum atomic E-state index is -0.0661. The van der Waals surface area contributed by atoms with Gasteiger partial charge in [0.2, 0.25) is 11.8 Å².